The van der Waals surface area contributed by atoms with Crippen LogP contribution < -0.4 is 0 Å². The highest BCUT2D eigenvalue weighted by atomic mass is 32.2. The third-order valence-electron chi connectivity index (χ3n) is 2.12. The lowest BCUT2D eigenvalue weighted by molar-refractivity contribution is 0.112. The molecule has 0 saturated heterocycles. The fraction of sp³-hybridized carbons (Fsp3) is 0.0909. The summed E-state index contributed by atoms with van der Waals surface area (Å²) in [6.07, 6.45) is 2.52. The molecule has 3 nitrogen and oxygen atoms in total. The predicted octanol–water partition coefficient (Wildman–Crippen LogP) is 2.60. The molecule has 1 N–H and O–H groups in total. The summed E-state index contributed by atoms with van der Waals surface area (Å²) in [5, 5.41) is 9.44. The lowest BCUT2D eigenvalue weighted by Gasteiger charge is -2.00. The molecule has 0 radical (unpaired) electrons. The molecule has 0 atom stereocenters. The van der Waals surface area contributed by atoms with E-state index in [1.165, 1.54) is 11.8 Å². The number of aromatic nitrogens is 1. The van der Waals surface area contributed by atoms with Crippen LogP contribution in [0.4, 0.5) is 0 Å². The Morgan fingerprint density at radius 2 is 2.40 bits per heavy atom. The minimum Gasteiger partial charge on any atom is -0.360 e. The van der Waals surface area contributed by atoms with Gasteiger partial charge >= 0.3 is 0 Å². The van der Waals surface area contributed by atoms with Crippen molar-refractivity contribution in [3.05, 3.63) is 30.0 Å². The SMILES string of the molecule is N#CCSc1cccc2[nH]cc(C=O)c12. The van der Waals surface area contributed by atoms with Crippen LogP contribution in [-0.4, -0.2) is 17.0 Å². The first kappa shape index (κ1) is 9.81. The number of nitrogens with one attached hydrogen (secondary N) is 1. The number of benzene rings is 1. The second kappa shape index (κ2) is 4.20. The number of aromatic amines is 1. The number of H-pyrrole nitrogens is 1. The summed E-state index contributed by atoms with van der Waals surface area (Å²) in [4.78, 5) is 14.8. The molecular formula is C11H8N2OS. The number of carbonyl (C=O) groups is 1. The minimum atomic E-state index is 0.391. The molecular weight excluding hydrogens is 208 g/mol. The van der Waals surface area contributed by atoms with Gasteiger partial charge in [0, 0.05) is 27.6 Å². The average Bonchev–Trinajstić information content (AvgIpc) is 2.69. The number of rotatable bonds is 3. The van der Waals surface area contributed by atoms with Gasteiger partial charge in [-0.3, -0.25) is 4.79 Å². The number of aldehydes is 1. The first-order valence-electron chi connectivity index (χ1n) is 4.42. The van der Waals surface area contributed by atoms with Crippen LogP contribution in [0.5, 0.6) is 0 Å². The molecule has 4 heteroatoms. The molecule has 0 aliphatic heterocycles. The van der Waals surface area contributed by atoms with E-state index in [1.807, 2.05) is 18.2 Å². The van der Waals surface area contributed by atoms with Gasteiger partial charge in [0.2, 0.25) is 0 Å². The average molecular weight is 216 g/mol. The van der Waals surface area contributed by atoms with E-state index in [0.717, 1.165) is 22.1 Å². The fourth-order valence-electron chi connectivity index (χ4n) is 1.50. The smallest absolute Gasteiger partial charge is 0.152 e. The summed E-state index contributed by atoms with van der Waals surface area (Å²) in [6.45, 7) is 0. The second-order valence-electron chi connectivity index (χ2n) is 2.99. The maximum absolute atomic E-state index is 10.8. The van der Waals surface area contributed by atoms with Gasteiger partial charge in [-0.25, -0.2) is 0 Å². The molecule has 0 fully saturated rings. The standard InChI is InChI=1S/C11H8N2OS/c12-4-5-15-10-3-1-2-9-11(10)8(7-14)6-13-9/h1-3,6-7,13H,5H2. The van der Waals surface area contributed by atoms with Gasteiger partial charge in [0.1, 0.15) is 0 Å². The van der Waals surface area contributed by atoms with Crippen molar-refractivity contribution in [1.29, 1.82) is 5.26 Å². The maximum atomic E-state index is 10.8. The van der Waals surface area contributed by atoms with Gasteiger partial charge in [0.05, 0.1) is 11.8 Å². The van der Waals surface area contributed by atoms with Crippen molar-refractivity contribution in [2.24, 2.45) is 0 Å². The summed E-state index contributed by atoms with van der Waals surface area (Å²) < 4.78 is 0. The third kappa shape index (κ3) is 1.74. The van der Waals surface area contributed by atoms with Crippen molar-refractivity contribution in [3.8, 4) is 6.07 Å². The van der Waals surface area contributed by atoms with E-state index in [-0.39, 0.29) is 0 Å². The Kier molecular flexibility index (Phi) is 2.75. The van der Waals surface area contributed by atoms with E-state index in [1.54, 1.807) is 6.20 Å². The van der Waals surface area contributed by atoms with Gasteiger partial charge in [-0.2, -0.15) is 5.26 Å². The van der Waals surface area contributed by atoms with Crippen LogP contribution in [0, 0.1) is 11.3 Å². The molecule has 0 amide bonds. The molecule has 1 aromatic heterocycles. The molecule has 2 rings (SSSR count). The summed E-state index contributed by atoms with van der Waals surface area (Å²) in [6, 6.07) is 7.82. The molecule has 1 heterocycles. The van der Waals surface area contributed by atoms with Crippen LogP contribution in [0.1, 0.15) is 10.4 Å². The van der Waals surface area contributed by atoms with Crippen molar-refractivity contribution in [2.75, 3.05) is 5.75 Å². The second-order valence-corrected chi connectivity index (χ2v) is 4.00. The third-order valence-corrected chi connectivity index (χ3v) is 3.04. The van der Waals surface area contributed by atoms with E-state index >= 15 is 0 Å². The largest absolute Gasteiger partial charge is 0.360 e. The molecule has 1 aromatic carbocycles. The van der Waals surface area contributed by atoms with Gasteiger partial charge in [-0.05, 0) is 12.1 Å². The zero-order valence-corrected chi connectivity index (χ0v) is 8.67. The Labute approximate surface area is 91.1 Å². The zero-order chi connectivity index (χ0) is 10.7. The van der Waals surface area contributed by atoms with Crippen LogP contribution in [-0.2, 0) is 0 Å². The van der Waals surface area contributed by atoms with Crippen molar-refractivity contribution in [1.82, 2.24) is 4.98 Å². The van der Waals surface area contributed by atoms with Gasteiger partial charge in [0.25, 0.3) is 0 Å². The highest BCUT2D eigenvalue weighted by Crippen LogP contribution is 2.29. The van der Waals surface area contributed by atoms with Crippen molar-refractivity contribution < 1.29 is 4.79 Å². The molecule has 15 heavy (non-hydrogen) atoms. The van der Waals surface area contributed by atoms with E-state index in [4.69, 9.17) is 5.26 Å². The maximum Gasteiger partial charge on any atom is 0.152 e. The van der Waals surface area contributed by atoms with Gasteiger partial charge < -0.3 is 4.98 Å². The minimum absolute atomic E-state index is 0.391. The molecule has 2 aromatic rings. The number of hydrogen-bond acceptors (Lipinski definition) is 3. The number of nitrogens with zero attached hydrogens (tertiary/aromatic N) is 1. The molecule has 0 unspecified atom stereocenters. The lowest BCUT2D eigenvalue weighted by atomic mass is 10.2. The van der Waals surface area contributed by atoms with Crippen molar-refractivity contribution in [3.63, 3.8) is 0 Å². The highest BCUT2D eigenvalue weighted by molar-refractivity contribution is 7.99. The Hall–Kier alpha value is -1.73. The first-order valence-corrected chi connectivity index (χ1v) is 5.40. The van der Waals surface area contributed by atoms with E-state index in [0.29, 0.717) is 11.3 Å². The Balaban J connectivity index is 2.57. The van der Waals surface area contributed by atoms with E-state index in [9.17, 15) is 4.79 Å². The monoisotopic (exact) mass is 216 g/mol. The van der Waals surface area contributed by atoms with Crippen LogP contribution in [0.25, 0.3) is 10.9 Å². The van der Waals surface area contributed by atoms with Crippen molar-refractivity contribution in [2.45, 2.75) is 4.90 Å². The Morgan fingerprint density at radius 3 is 3.13 bits per heavy atom. The van der Waals surface area contributed by atoms with E-state index < -0.39 is 0 Å². The molecule has 74 valence electrons. The molecule has 0 bridgehead atoms. The Morgan fingerprint density at radius 1 is 1.53 bits per heavy atom. The molecule has 0 aliphatic rings. The Bertz CT molecular complexity index is 539. The normalized spacial score (nSPS) is 10.1. The number of carbonyl (C=O) groups excluding carboxylic acids is 1. The van der Waals surface area contributed by atoms with Crippen LogP contribution in [0.15, 0.2) is 29.3 Å². The van der Waals surface area contributed by atoms with Gasteiger partial charge in [-0.1, -0.05) is 6.07 Å². The van der Waals surface area contributed by atoms with Gasteiger partial charge in [0.15, 0.2) is 6.29 Å². The van der Waals surface area contributed by atoms with Crippen LogP contribution in [0.2, 0.25) is 0 Å². The number of nitriles is 1. The fourth-order valence-corrected chi connectivity index (χ4v) is 2.27. The van der Waals surface area contributed by atoms with Crippen molar-refractivity contribution >= 4 is 29.0 Å². The predicted molar refractivity (Wildman–Crippen MR) is 60.0 cm³/mol. The van der Waals surface area contributed by atoms with Crippen LogP contribution in [0.3, 0.4) is 0 Å². The number of hydrogen-bond donors (Lipinski definition) is 1. The lowest BCUT2D eigenvalue weighted by Crippen LogP contribution is -1.80. The highest BCUT2D eigenvalue weighted by Gasteiger charge is 2.07. The summed E-state index contributed by atoms with van der Waals surface area (Å²) in [7, 11) is 0. The molecule has 0 aliphatic carbocycles. The summed E-state index contributed by atoms with van der Waals surface area (Å²) in [5.74, 6) is 0.391. The summed E-state index contributed by atoms with van der Waals surface area (Å²) >= 11 is 1.44. The quantitative estimate of drug-likeness (QED) is 0.633. The first-order chi connectivity index (χ1) is 7.36. The summed E-state index contributed by atoms with van der Waals surface area (Å²) in [5.41, 5.74) is 1.58. The van der Waals surface area contributed by atoms with Gasteiger partial charge in [-0.15, -0.1) is 11.8 Å². The molecule has 0 spiro atoms. The topological polar surface area (TPSA) is 56.6 Å². The zero-order valence-electron chi connectivity index (χ0n) is 7.86. The number of fused-ring (bicyclic) bond motifs is 1. The number of thioether (sulfide) groups is 1. The van der Waals surface area contributed by atoms with Crippen LogP contribution >= 0.6 is 11.8 Å². The van der Waals surface area contributed by atoms with E-state index in [2.05, 4.69) is 11.1 Å². The molecule has 0 saturated carbocycles.